The fraction of sp³-hybridized carbons (Fsp3) is 0.407. The molecule has 1 saturated heterocycles. The maximum Gasteiger partial charge on any atom is 0.410 e. The van der Waals surface area contributed by atoms with Crippen molar-refractivity contribution < 1.29 is 27.9 Å². The van der Waals surface area contributed by atoms with Crippen molar-refractivity contribution in [3.05, 3.63) is 75.5 Å². The minimum atomic E-state index is -1.68. The molecule has 198 valence electrons. The van der Waals surface area contributed by atoms with Crippen LogP contribution < -0.4 is 5.73 Å². The first kappa shape index (κ1) is 27.2. The Kier molecular flexibility index (Phi) is 7.73. The Morgan fingerprint density at radius 1 is 1.27 bits per heavy atom. The average molecular weight is 578 g/mol. The number of amides is 1. The molecule has 3 aromatic rings. The number of aliphatic hydroxyl groups is 1. The SMILES string of the molecule is CC(C)(C)OC(=O)N1CC[C@](O)(c2ccc(F)c(F)c2)[C@@H](c2onc(-c3ccccc3CCN)c2Br)C1. The van der Waals surface area contributed by atoms with Gasteiger partial charge in [0, 0.05) is 18.7 Å². The second-order valence-electron chi connectivity index (χ2n) is 10.2. The number of halogens is 3. The fourth-order valence-electron chi connectivity index (χ4n) is 4.65. The highest BCUT2D eigenvalue weighted by molar-refractivity contribution is 9.10. The summed E-state index contributed by atoms with van der Waals surface area (Å²) in [6.45, 7) is 5.88. The zero-order valence-electron chi connectivity index (χ0n) is 20.9. The third-order valence-corrected chi connectivity index (χ3v) is 7.24. The van der Waals surface area contributed by atoms with E-state index in [1.165, 1.54) is 11.0 Å². The van der Waals surface area contributed by atoms with Crippen LogP contribution in [0.5, 0.6) is 0 Å². The first-order valence-corrected chi connectivity index (χ1v) is 12.8. The van der Waals surface area contributed by atoms with Gasteiger partial charge in [-0.2, -0.15) is 0 Å². The van der Waals surface area contributed by atoms with Crippen molar-refractivity contribution in [3.8, 4) is 11.3 Å². The summed E-state index contributed by atoms with van der Waals surface area (Å²) >= 11 is 3.60. The van der Waals surface area contributed by atoms with Crippen LogP contribution in [0, 0.1) is 11.6 Å². The first-order valence-electron chi connectivity index (χ1n) is 12.0. The highest BCUT2D eigenvalue weighted by Gasteiger charge is 2.49. The smallest absolute Gasteiger partial charge is 0.410 e. The van der Waals surface area contributed by atoms with E-state index in [4.69, 9.17) is 15.0 Å². The summed E-state index contributed by atoms with van der Waals surface area (Å²) in [7, 11) is 0. The highest BCUT2D eigenvalue weighted by atomic mass is 79.9. The Bertz CT molecular complexity index is 1290. The van der Waals surface area contributed by atoms with E-state index in [0.29, 0.717) is 23.1 Å². The molecule has 0 spiro atoms. The standard InChI is InChI=1S/C27H30BrF2N3O4/c1-26(2,3)36-25(34)33-13-11-27(35,17-8-9-20(29)21(30)14-17)19(15-33)24-22(28)23(32-37-24)18-7-5-4-6-16(18)10-12-31/h4-9,14,19,35H,10-13,15,31H2,1-3H3/t19-,27+/m1/s1. The molecule has 0 radical (unpaired) electrons. The molecular formula is C27H30BrF2N3O4. The third-order valence-electron chi connectivity index (χ3n) is 6.48. The van der Waals surface area contributed by atoms with E-state index < -0.39 is 34.8 Å². The largest absolute Gasteiger partial charge is 0.444 e. The molecule has 1 aromatic heterocycles. The molecule has 7 nitrogen and oxygen atoms in total. The van der Waals surface area contributed by atoms with Gasteiger partial charge in [0.15, 0.2) is 17.4 Å². The van der Waals surface area contributed by atoms with Crippen LogP contribution >= 0.6 is 15.9 Å². The van der Waals surface area contributed by atoms with Crippen LogP contribution in [0.3, 0.4) is 0 Å². The predicted molar refractivity (Wildman–Crippen MR) is 138 cm³/mol. The lowest BCUT2D eigenvalue weighted by Crippen LogP contribution is -2.51. The summed E-state index contributed by atoms with van der Waals surface area (Å²) in [4.78, 5) is 14.4. The quantitative estimate of drug-likeness (QED) is 0.415. The van der Waals surface area contributed by atoms with Crippen molar-refractivity contribution >= 4 is 22.0 Å². The van der Waals surface area contributed by atoms with Gasteiger partial charge in [0.2, 0.25) is 0 Å². The number of likely N-dealkylation sites (tertiary alicyclic amines) is 1. The molecule has 0 unspecified atom stereocenters. The molecule has 0 aliphatic carbocycles. The van der Waals surface area contributed by atoms with E-state index in [9.17, 15) is 18.7 Å². The molecular weight excluding hydrogens is 548 g/mol. The number of benzene rings is 2. The molecule has 4 rings (SSSR count). The molecule has 1 aliphatic rings. The van der Waals surface area contributed by atoms with Gasteiger partial charge in [-0.15, -0.1) is 0 Å². The summed E-state index contributed by atoms with van der Waals surface area (Å²) in [5.74, 6) is -2.68. The molecule has 2 aromatic carbocycles. The number of nitrogens with zero attached hydrogens (tertiary/aromatic N) is 2. The molecule has 2 heterocycles. The molecule has 10 heteroatoms. The van der Waals surface area contributed by atoms with Gasteiger partial charge in [-0.05, 0) is 79.3 Å². The van der Waals surface area contributed by atoms with Gasteiger partial charge in [-0.1, -0.05) is 35.5 Å². The van der Waals surface area contributed by atoms with Crippen LogP contribution in [0.4, 0.5) is 13.6 Å². The Labute approximate surface area is 222 Å². The Hall–Kier alpha value is -2.82. The van der Waals surface area contributed by atoms with E-state index in [1.54, 1.807) is 20.8 Å². The van der Waals surface area contributed by atoms with Crippen molar-refractivity contribution in [3.63, 3.8) is 0 Å². The molecule has 1 aliphatic heterocycles. The molecule has 1 amide bonds. The third kappa shape index (κ3) is 5.56. The molecule has 3 N–H and O–H groups in total. The van der Waals surface area contributed by atoms with E-state index in [0.717, 1.165) is 23.3 Å². The van der Waals surface area contributed by atoms with Crippen LogP contribution in [-0.2, 0) is 16.8 Å². The van der Waals surface area contributed by atoms with Gasteiger partial charge in [0.1, 0.15) is 16.9 Å². The van der Waals surface area contributed by atoms with Gasteiger partial charge in [0.25, 0.3) is 0 Å². The minimum Gasteiger partial charge on any atom is -0.444 e. The maximum atomic E-state index is 14.2. The van der Waals surface area contributed by atoms with Crippen LogP contribution in [0.25, 0.3) is 11.3 Å². The maximum absolute atomic E-state index is 14.2. The Morgan fingerprint density at radius 2 is 2.00 bits per heavy atom. The monoisotopic (exact) mass is 577 g/mol. The zero-order chi connectivity index (χ0) is 27.0. The van der Waals surface area contributed by atoms with Crippen molar-refractivity contribution in [1.82, 2.24) is 10.1 Å². The lowest BCUT2D eigenvalue weighted by molar-refractivity contribution is -0.0590. The van der Waals surface area contributed by atoms with Crippen LogP contribution in [0.15, 0.2) is 51.5 Å². The molecule has 0 saturated carbocycles. The van der Waals surface area contributed by atoms with Gasteiger partial charge >= 0.3 is 6.09 Å². The van der Waals surface area contributed by atoms with E-state index in [2.05, 4.69) is 21.1 Å². The minimum absolute atomic E-state index is 0.00207. The second kappa shape index (κ2) is 10.5. The summed E-state index contributed by atoms with van der Waals surface area (Å²) in [5, 5.41) is 16.2. The van der Waals surface area contributed by atoms with Crippen molar-refractivity contribution in [2.24, 2.45) is 5.73 Å². The number of nitrogens with two attached hydrogens (primary N) is 1. The average Bonchev–Trinajstić information content (AvgIpc) is 3.21. The van der Waals surface area contributed by atoms with Crippen molar-refractivity contribution in [2.75, 3.05) is 19.6 Å². The van der Waals surface area contributed by atoms with Crippen LogP contribution in [0.2, 0.25) is 0 Å². The summed E-state index contributed by atoms with van der Waals surface area (Å²) in [6, 6.07) is 10.9. The molecule has 37 heavy (non-hydrogen) atoms. The molecule has 1 fully saturated rings. The topological polar surface area (TPSA) is 102 Å². The predicted octanol–water partition coefficient (Wildman–Crippen LogP) is 5.50. The normalized spacial score (nSPS) is 20.2. The number of rotatable bonds is 5. The number of piperidine rings is 1. The highest BCUT2D eigenvalue weighted by Crippen LogP contribution is 2.48. The number of ether oxygens (including phenoxy) is 1. The van der Waals surface area contributed by atoms with E-state index in [1.807, 2.05) is 24.3 Å². The lowest BCUT2D eigenvalue weighted by atomic mass is 9.74. The van der Waals surface area contributed by atoms with Crippen molar-refractivity contribution in [1.29, 1.82) is 0 Å². The zero-order valence-corrected chi connectivity index (χ0v) is 22.5. The van der Waals surface area contributed by atoms with Gasteiger partial charge in [0.05, 0.1) is 10.4 Å². The summed E-state index contributed by atoms with van der Waals surface area (Å²) in [6.07, 6.45) is 0.113. The number of carbonyl (C=O) groups excluding carboxylic acids is 1. The van der Waals surface area contributed by atoms with Crippen molar-refractivity contribution in [2.45, 2.75) is 50.7 Å². The first-order chi connectivity index (χ1) is 17.4. The Balaban J connectivity index is 1.79. The van der Waals surface area contributed by atoms with Crippen LogP contribution in [-0.4, -0.2) is 46.5 Å². The number of hydrogen-bond acceptors (Lipinski definition) is 6. The van der Waals surface area contributed by atoms with Crippen LogP contribution in [0.1, 0.15) is 50.0 Å². The fourth-order valence-corrected chi connectivity index (χ4v) is 5.28. The van der Waals surface area contributed by atoms with Gasteiger partial charge in [-0.3, -0.25) is 0 Å². The number of hydrogen-bond donors (Lipinski definition) is 2. The van der Waals surface area contributed by atoms with E-state index >= 15 is 0 Å². The Morgan fingerprint density at radius 3 is 2.68 bits per heavy atom. The number of aromatic nitrogens is 1. The van der Waals surface area contributed by atoms with Gasteiger partial charge < -0.3 is 25.0 Å². The molecule has 2 atom stereocenters. The summed E-state index contributed by atoms with van der Waals surface area (Å²) in [5.41, 5.74) is 5.86. The van der Waals surface area contributed by atoms with E-state index in [-0.39, 0.29) is 30.8 Å². The lowest BCUT2D eigenvalue weighted by Gasteiger charge is -2.44. The second-order valence-corrected chi connectivity index (χ2v) is 11.0. The van der Waals surface area contributed by atoms with Gasteiger partial charge in [-0.25, -0.2) is 13.6 Å². The molecule has 0 bridgehead atoms. The summed E-state index contributed by atoms with van der Waals surface area (Å²) < 4.78 is 39.8. The number of carbonyl (C=O) groups is 1.